The topological polar surface area (TPSA) is 109 Å². The maximum absolute atomic E-state index is 12.9. The van der Waals surface area contributed by atoms with E-state index in [2.05, 4.69) is 10.3 Å². The van der Waals surface area contributed by atoms with Crippen molar-refractivity contribution in [2.45, 2.75) is 25.3 Å². The van der Waals surface area contributed by atoms with Gasteiger partial charge in [0.1, 0.15) is 0 Å². The Morgan fingerprint density at radius 3 is 2.39 bits per heavy atom. The first-order chi connectivity index (χ1) is 14.8. The van der Waals surface area contributed by atoms with Crippen LogP contribution in [-0.2, 0) is 21.4 Å². The molecule has 10 heteroatoms. The van der Waals surface area contributed by atoms with Gasteiger partial charge in [-0.15, -0.1) is 0 Å². The number of hydrogen-bond acceptors (Lipinski definition) is 6. The van der Waals surface area contributed by atoms with Gasteiger partial charge in [0.15, 0.2) is 0 Å². The van der Waals surface area contributed by atoms with Crippen molar-refractivity contribution in [2.75, 3.05) is 32.8 Å². The second-order valence-corrected chi connectivity index (χ2v) is 8.96. The van der Waals surface area contributed by atoms with Gasteiger partial charge in [-0.2, -0.15) is 4.31 Å². The van der Waals surface area contributed by atoms with Crippen molar-refractivity contribution < 1.29 is 22.7 Å². The van der Waals surface area contributed by atoms with Crippen LogP contribution in [0.4, 0.5) is 0 Å². The number of amides is 2. The number of piperazine rings is 1. The van der Waals surface area contributed by atoms with Crippen molar-refractivity contribution in [1.29, 1.82) is 0 Å². The number of rotatable bonds is 7. The Kier molecular flexibility index (Phi) is 7.24. The molecule has 0 bridgehead atoms. The predicted octanol–water partition coefficient (Wildman–Crippen LogP) is 1.26. The van der Waals surface area contributed by atoms with Gasteiger partial charge < -0.3 is 15.0 Å². The third-order valence-electron chi connectivity index (χ3n) is 5.01. The summed E-state index contributed by atoms with van der Waals surface area (Å²) in [6.45, 7) is 5.27. The highest BCUT2D eigenvalue weighted by atomic mass is 32.2. The zero-order valence-corrected chi connectivity index (χ0v) is 18.4. The lowest BCUT2D eigenvalue weighted by atomic mass is 10.2. The molecule has 0 spiro atoms. The van der Waals surface area contributed by atoms with E-state index in [1.165, 1.54) is 35.5 Å². The van der Waals surface area contributed by atoms with Crippen LogP contribution in [0.5, 0.6) is 5.88 Å². The molecule has 9 nitrogen and oxygen atoms in total. The molecule has 0 unspecified atom stereocenters. The summed E-state index contributed by atoms with van der Waals surface area (Å²) >= 11 is 0. The summed E-state index contributed by atoms with van der Waals surface area (Å²) in [5, 5.41) is 2.79. The van der Waals surface area contributed by atoms with E-state index < -0.39 is 10.0 Å². The van der Waals surface area contributed by atoms with E-state index in [1.54, 1.807) is 17.2 Å². The standard InChI is InChI=1S/C21H26N4O5S/c1-3-30-21-18(5-4-10-22-21)15-23-20(27)17-6-8-19(9-7-17)31(28,29)25-13-11-24(12-14-25)16(2)26/h4-10H,3,11-15H2,1-2H3,(H,23,27). The molecular formula is C21H26N4O5S. The lowest BCUT2D eigenvalue weighted by Crippen LogP contribution is -2.49. The summed E-state index contributed by atoms with van der Waals surface area (Å²) in [5.41, 5.74) is 1.10. The van der Waals surface area contributed by atoms with Crippen molar-refractivity contribution >= 4 is 21.8 Å². The van der Waals surface area contributed by atoms with Crippen LogP contribution in [0.15, 0.2) is 47.5 Å². The Morgan fingerprint density at radius 1 is 1.10 bits per heavy atom. The van der Waals surface area contributed by atoms with E-state index in [1.807, 2.05) is 13.0 Å². The van der Waals surface area contributed by atoms with Crippen LogP contribution >= 0.6 is 0 Å². The minimum absolute atomic E-state index is 0.0629. The molecule has 1 fully saturated rings. The van der Waals surface area contributed by atoms with Crippen molar-refractivity contribution in [1.82, 2.24) is 19.5 Å². The fourth-order valence-corrected chi connectivity index (χ4v) is 4.70. The molecule has 2 amide bonds. The van der Waals surface area contributed by atoms with Crippen LogP contribution in [-0.4, -0.2) is 67.2 Å². The highest BCUT2D eigenvalue weighted by Crippen LogP contribution is 2.19. The first-order valence-corrected chi connectivity index (χ1v) is 11.5. The summed E-state index contributed by atoms with van der Waals surface area (Å²) in [7, 11) is -3.68. The van der Waals surface area contributed by atoms with Crippen LogP contribution in [0.25, 0.3) is 0 Å². The monoisotopic (exact) mass is 446 g/mol. The maximum atomic E-state index is 12.9. The first kappa shape index (κ1) is 22.7. The van der Waals surface area contributed by atoms with E-state index >= 15 is 0 Å². The van der Waals surface area contributed by atoms with Crippen LogP contribution < -0.4 is 10.1 Å². The number of pyridine rings is 1. The number of nitrogens with one attached hydrogen (secondary N) is 1. The molecule has 1 aromatic carbocycles. The molecule has 0 saturated carbocycles. The van der Waals surface area contributed by atoms with E-state index in [9.17, 15) is 18.0 Å². The molecule has 1 N–H and O–H groups in total. The second kappa shape index (κ2) is 9.88. The zero-order chi connectivity index (χ0) is 22.4. The second-order valence-electron chi connectivity index (χ2n) is 7.02. The summed E-state index contributed by atoms with van der Waals surface area (Å²) in [6, 6.07) is 9.41. The number of aromatic nitrogens is 1. The zero-order valence-electron chi connectivity index (χ0n) is 17.6. The SMILES string of the molecule is CCOc1ncccc1CNC(=O)c1ccc(S(=O)(=O)N2CCN(C(C)=O)CC2)cc1. The molecule has 2 heterocycles. The quantitative estimate of drug-likeness (QED) is 0.686. The van der Waals surface area contributed by atoms with Gasteiger partial charge in [0, 0.05) is 57.0 Å². The molecule has 0 atom stereocenters. The fourth-order valence-electron chi connectivity index (χ4n) is 3.27. The molecule has 0 aliphatic carbocycles. The largest absolute Gasteiger partial charge is 0.478 e. The highest BCUT2D eigenvalue weighted by Gasteiger charge is 2.29. The Labute approximate surface area is 182 Å². The number of carbonyl (C=O) groups excluding carboxylic acids is 2. The Balaban J connectivity index is 1.63. The van der Waals surface area contributed by atoms with Gasteiger partial charge in [-0.05, 0) is 37.3 Å². The summed E-state index contributed by atoms with van der Waals surface area (Å²) in [6.07, 6.45) is 1.62. The molecule has 1 aromatic heterocycles. The highest BCUT2D eigenvalue weighted by molar-refractivity contribution is 7.89. The number of sulfonamides is 1. The smallest absolute Gasteiger partial charge is 0.251 e. The maximum Gasteiger partial charge on any atom is 0.251 e. The minimum Gasteiger partial charge on any atom is -0.478 e. The molecule has 2 aromatic rings. The van der Waals surface area contributed by atoms with Gasteiger partial charge in [0.25, 0.3) is 5.91 Å². The number of ether oxygens (including phenoxy) is 1. The molecule has 1 saturated heterocycles. The number of nitrogens with zero attached hydrogens (tertiary/aromatic N) is 3. The van der Waals surface area contributed by atoms with Crippen molar-refractivity contribution in [3.63, 3.8) is 0 Å². The van der Waals surface area contributed by atoms with Gasteiger partial charge in [0.05, 0.1) is 11.5 Å². The van der Waals surface area contributed by atoms with Gasteiger partial charge in [0.2, 0.25) is 21.8 Å². The third-order valence-corrected chi connectivity index (χ3v) is 6.92. The summed E-state index contributed by atoms with van der Waals surface area (Å²) < 4.78 is 32.5. The van der Waals surface area contributed by atoms with Crippen LogP contribution in [0.3, 0.4) is 0 Å². The molecule has 31 heavy (non-hydrogen) atoms. The van der Waals surface area contributed by atoms with Crippen LogP contribution in [0.2, 0.25) is 0 Å². The lowest BCUT2D eigenvalue weighted by molar-refractivity contribution is -0.129. The van der Waals surface area contributed by atoms with Gasteiger partial charge in [-0.3, -0.25) is 9.59 Å². The average molecular weight is 447 g/mol. The molecule has 166 valence electrons. The van der Waals surface area contributed by atoms with Crippen LogP contribution in [0.1, 0.15) is 29.8 Å². The lowest BCUT2D eigenvalue weighted by Gasteiger charge is -2.33. The molecule has 1 aliphatic rings. The number of carbonyl (C=O) groups is 2. The molecule has 0 radical (unpaired) electrons. The molecule has 1 aliphatic heterocycles. The normalized spacial score (nSPS) is 14.8. The van der Waals surface area contributed by atoms with Gasteiger partial charge in [-0.25, -0.2) is 13.4 Å². The van der Waals surface area contributed by atoms with E-state index in [4.69, 9.17) is 4.74 Å². The van der Waals surface area contributed by atoms with Gasteiger partial charge in [-0.1, -0.05) is 6.07 Å². The molecule has 3 rings (SSSR count). The third kappa shape index (κ3) is 5.39. The minimum atomic E-state index is -3.68. The number of benzene rings is 1. The Hall–Kier alpha value is -2.98. The van der Waals surface area contributed by atoms with Crippen molar-refractivity contribution in [2.24, 2.45) is 0 Å². The number of hydrogen-bond donors (Lipinski definition) is 1. The van der Waals surface area contributed by atoms with E-state index in [0.717, 1.165) is 5.56 Å². The summed E-state index contributed by atoms with van der Waals surface area (Å²) in [5.74, 6) is 0.0778. The summed E-state index contributed by atoms with van der Waals surface area (Å²) in [4.78, 5) is 29.8. The Bertz CT molecular complexity index is 1030. The predicted molar refractivity (Wildman–Crippen MR) is 114 cm³/mol. The Morgan fingerprint density at radius 2 is 1.77 bits per heavy atom. The van der Waals surface area contributed by atoms with Crippen LogP contribution in [0, 0.1) is 0 Å². The van der Waals surface area contributed by atoms with Crippen molar-refractivity contribution in [3.8, 4) is 5.88 Å². The van der Waals surface area contributed by atoms with E-state index in [0.29, 0.717) is 31.1 Å². The van der Waals surface area contributed by atoms with Crippen molar-refractivity contribution in [3.05, 3.63) is 53.7 Å². The average Bonchev–Trinajstić information content (AvgIpc) is 2.78. The van der Waals surface area contributed by atoms with E-state index in [-0.39, 0.29) is 36.3 Å². The molecular weight excluding hydrogens is 420 g/mol. The van der Waals surface area contributed by atoms with Gasteiger partial charge >= 0.3 is 0 Å². The first-order valence-electron chi connectivity index (χ1n) is 10.0. The fraction of sp³-hybridized carbons (Fsp3) is 0.381.